The van der Waals surface area contributed by atoms with E-state index in [4.69, 9.17) is 4.74 Å². The highest BCUT2D eigenvalue weighted by molar-refractivity contribution is 6.04. The van der Waals surface area contributed by atoms with Crippen molar-refractivity contribution in [3.8, 4) is 0 Å². The number of aromatic nitrogens is 1. The molecule has 0 saturated heterocycles. The van der Waals surface area contributed by atoms with Crippen LogP contribution in [0.5, 0.6) is 0 Å². The number of esters is 1. The van der Waals surface area contributed by atoms with Gasteiger partial charge in [-0.25, -0.2) is 4.79 Å². The van der Waals surface area contributed by atoms with E-state index in [-0.39, 0.29) is 5.56 Å². The molecule has 0 N–H and O–H groups in total. The van der Waals surface area contributed by atoms with Crippen LogP contribution in [0, 0.1) is 6.92 Å². The van der Waals surface area contributed by atoms with Crippen LogP contribution in [-0.2, 0) is 11.8 Å². The normalized spacial score (nSPS) is 10.6. The molecular weight excluding hydrogens is 230 g/mol. The summed E-state index contributed by atoms with van der Waals surface area (Å²) in [6.45, 7) is 3.95. The third-order valence-corrected chi connectivity index (χ3v) is 2.91. The zero-order valence-electron chi connectivity index (χ0n) is 10.7. The summed E-state index contributed by atoms with van der Waals surface area (Å²) < 4.78 is 6.47. The molecule has 4 nitrogen and oxygen atoms in total. The molecule has 18 heavy (non-hydrogen) atoms. The van der Waals surface area contributed by atoms with Crippen molar-refractivity contribution in [3.63, 3.8) is 0 Å². The molecule has 94 valence electrons. The fourth-order valence-corrected chi connectivity index (χ4v) is 2.09. The van der Waals surface area contributed by atoms with Crippen LogP contribution in [-0.4, -0.2) is 17.1 Å². The highest BCUT2D eigenvalue weighted by atomic mass is 16.5. The van der Waals surface area contributed by atoms with E-state index in [0.717, 1.165) is 10.9 Å². The van der Waals surface area contributed by atoms with Crippen LogP contribution >= 0.6 is 0 Å². The number of nitrogens with zero attached hydrogens (tertiary/aromatic N) is 1. The molecule has 0 spiro atoms. The van der Waals surface area contributed by atoms with Crippen LogP contribution in [0.25, 0.3) is 10.8 Å². The van der Waals surface area contributed by atoms with E-state index < -0.39 is 5.97 Å². The number of carbonyl (C=O) groups is 1. The molecule has 1 heterocycles. The Bertz CT molecular complexity index is 671. The van der Waals surface area contributed by atoms with E-state index >= 15 is 0 Å². The van der Waals surface area contributed by atoms with Crippen LogP contribution in [0.15, 0.2) is 29.2 Å². The fraction of sp³-hybridized carbons (Fsp3) is 0.286. The molecule has 0 unspecified atom stereocenters. The lowest BCUT2D eigenvalue weighted by molar-refractivity contribution is 0.0528. The highest BCUT2D eigenvalue weighted by Crippen LogP contribution is 2.19. The lowest BCUT2D eigenvalue weighted by atomic mass is 10.0. The van der Waals surface area contributed by atoms with Gasteiger partial charge in [0.25, 0.3) is 5.56 Å². The minimum Gasteiger partial charge on any atom is -0.462 e. The topological polar surface area (TPSA) is 48.3 Å². The first kappa shape index (κ1) is 12.4. The quantitative estimate of drug-likeness (QED) is 0.760. The summed E-state index contributed by atoms with van der Waals surface area (Å²) in [5.41, 5.74) is 1.11. The van der Waals surface area contributed by atoms with Gasteiger partial charge in [-0.05, 0) is 30.9 Å². The van der Waals surface area contributed by atoms with Crippen molar-refractivity contribution < 1.29 is 9.53 Å². The Balaban J connectivity index is 2.84. The molecule has 0 atom stereocenters. The van der Waals surface area contributed by atoms with Gasteiger partial charge < -0.3 is 9.30 Å². The maximum Gasteiger partial charge on any atom is 0.338 e. The van der Waals surface area contributed by atoms with E-state index in [1.54, 1.807) is 32.3 Å². The highest BCUT2D eigenvalue weighted by Gasteiger charge is 2.15. The number of aryl methyl sites for hydroxylation is 2. The molecule has 2 rings (SSSR count). The van der Waals surface area contributed by atoms with Crippen LogP contribution in [0.4, 0.5) is 0 Å². The molecule has 0 bridgehead atoms. The first-order valence-corrected chi connectivity index (χ1v) is 5.82. The number of ether oxygens (including phenoxy) is 1. The lowest BCUT2D eigenvalue weighted by Gasteiger charge is -2.09. The van der Waals surface area contributed by atoms with Gasteiger partial charge in [0.1, 0.15) is 0 Å². The molecule has 0 radical (unpaired) electrons. The minimum absolute atomic E-state index is 0.181. The molecule has 0 aliphatic heterocycles. The Kier molecular flexibility index (Phi) is 3.19. The maximum atomic E-state index is 12.2. The second kappa shape index (κ2) is 4.64. The predicted octanol–water partition coefficient (Wildman–Crippen LogP) is 2.02. The summed E-state index contributed by atoms with van der Waals surface area (Å²) in [6, 6.07) is 5.23. The number of hydrogen-bond donors (Lipinski definition) is 0. The van der Waals surface area contributed by atoms with Gasteiger partial charge in [0, 0.05) is 13.2 Å². The van der Waals surface area contributed by atoms with Gasteiger partial charge in [-0.3, -0.25) is 4.79 Å². The number of rotatable bonds is 2. The van der Waals surface area contributed by atoms with E-state index in [0.29, 0.717) is 17.6 Å². The molecule has 2 aromatic rings. The third kappa shape index (κ3) is 1.90. The molecule has 0 saturated carbocycles. The van der Waals surface area contributed by atoms with Crippen LogP contribution in [0.3, 0.4) is 0 Å². The Morgan fingerprint density at radius 2 is 2.11 bits per heavy atom. The second-order valence-corrected chi connectivity index (χ2v) is 4.18. The minimum atomic E-state index is -0.453. The summed E-state index contributed by atoms with van der Waals surface area (Å²) >= 11 is 0. The molecule has 4 heteroatoms. The average molecular weight is 245 g/mol. The Hall–Kier alpha value is -2.10. The van der Waals surface area contributed by atoms with E-state index in [1.807, 2.05) is 13.0 Å². The zero-order chi connectivity index (χ0) is 13.3. The largest absolute Gasteiger partial charge is 0.462 e. The number of fused-ring (bicyclic) bond motifs is 1. The van der Waals surface area contributed by atoms with Gasteiger partial charge in [-0.15, -0.1) is 0 Å². The number of pyridine rings is 1. The second-order valence-electron chi connectivity index (χ2n) is 4.18. The van der Waals surface area contributed by atoms with Crippen LogP contribution in [0.2, 0.25) is 0 Å². The number of hydrogen-bond acceptors (Lipinski definition) is 3. The van der Waals surface area contributed by atoms with Crippen LogP contribution in [0.1, 0.15) is 22.8 Å². The van der Waals surface area contributed by atoms with Crippen LogP contribution < -0.4 is 5.56 Å². The van der Waals surface area contributed by atoms with Crippen molar-refractivity contribution in [2.75, 3.05) is 6.61 Å². The van der Waals surface area contributed by atoms with Gasteiger partial charge >= 0.3 is 5.97 Å². The number of carbonyl (C=O) groups excluding carboxylic acids is 1. The summed E-state index contributed by atoms with van der Waals surface area (Å²) in [5, 5.41) is 1.22. The summed E-state index contributed by atoms with van der Waals surface area (Å²) in [5.74, 6) is -0.453. The Labute approximate surface area is 105 Å². The molecule has 1 aromatic heterocycles. The first-order chi connectivity index (χ1) is 8.56. The van der Waals surface area contributed by atoms with Crippen molar-refractivity contribution >= 4 is 16.7 Å². The molecule has 0 aliphatic rings. The predicted molar refractivity (Wildman–Crippen MR) is 69.9 cm³/mol. The standard InChI is InChI=1S/C14H15NO3/c1-4-18-14(17)11-7-5-6-10-9(2)8-15(3)13(16)12(10)11/h5-8H,4H2,1-3H3. The first-order valence-electron chi connectivity index (χ1n) is 5.82. The van der Waals surface area contributed by atoms with Gasteiger partial charge in [0.15, 0.2) is 0 Å². The summed E-state index contributed by atoms with van der Waals surface area (Å²) in [6.07, 6.45) is 1.76. The Morgan fingerprint density at radius 3 is 2.78 bits per heavy atom. The lowest BCUT2D eigenvalue weighted by Crippen LogP contribution is -2.20. The van der Waals surface area contributed by atoms with Crippen molar-refractivity contribution in [1.82, 2.24) is 4.57 Å². The summed E-state index contributed by atoms with van der Waals surface area (Å²) in [4.78, 5) is 24.0. The molecule has 0 aliphatic carbocycles. The Morgan fingerprint density at radius 1 is 1.39 bits per heavy atom. The van der Waals surface area contributed by atoms with Gasteiger partial charge in [0.2, 0.25) is 0 Å². The van der Waals surface area contributed by atoms with Crippen molar-refractivity contribution in [3.05, 3.63) is 45.9 Å². The van der Waals surface area contributed by atoms with Gasteiger partial charge in [0.05, 0.1) is 17.6 Å². The summed E-state index contributed by atoms with van der Waals surface area (Å²) in [7, 11) is 1.68. The number of benzene rings is 1. The molecule has 1 aromatic carbocycles. The van der Waals surface area contributed by atoms with Gasteiger partial charge in [-0.2, -0.15) is 0 Å². The van der Waals surface area contributed by atoms with E-state index in [2.05, 4.69) is 0 Å². The molecular formula is C14H15NO3. The molecule has 0 amide bonds. The van der Waals surface area contributed by atoms with Crippen molar-refractivity contribution in [2.24, 2.45) is 7.05 Å². The van der Waals surface area contributed by atoms with Gasteiger partial charge in [-0.1, -0.05) is 12.1 Å². The average Bonchev–Trinajstić information content (AvgIpc) is 2.35. The van der Waals surface area contributed by atoms with E-state index in [1.165, 1.54) is 4.57 Å². The maximum absolute atomic E-state index is 12.2. The van der Waals surface area contributed by atoms with E-state index in [9.17, 15) is 9.59 Å². The smallest absolute Gasteiger partial charge is 0.338 e. The monoisotopic (exact) mass is 245 g/mol. The SMILES string of the molecule is CCOC(=O)c1cccc2c(C)cn(C)c(=O)c12. The zero-order valence-corrected chi connectivity index (χ0v) is 10.7. The third-order valence-electron chi connectivity index (χ3n) is 2.91. The van der Waals surface area contributed by atoms with Crippen molar-refractivity contribution in [2.45, 2.75) is 13.8 Å². The van der Waals surface area contributed by atoms with Crippen molar-refractivity contribution in [1.29, 1.82) is 0 Å². The fourth-order valence-electron chi connectivity index (χ4n) is 2.09. The molecule has 0 fully saturated rings.